The normalized spacial score (nSPS) is 11.7. The first-order valence-corrected chi connectivity index (χ1v) is 44.5. The third-order valence-corrected chi connectivity index (χ3v) is 27.8. The van der Waals surface area contributed by atoms with E-state index in [0.717, 1.165) is 117 Å². The zero-order chi connectivity index (χ0) is 82.4. The van der Waals surface area contributed by atoms with Crippen LogP contribution in [0, 0.1) is 0 Å². The van der Waals surface area contributed by atoms with Crippen LogP contribution in [-0.2, 0) is 0 Å². The van der Waals surface area contributed by atoms with Crippen molar-refractivity contribution in [3.63, 3.8) is 0 Å². The third kappa shape index (κ3) is 13.1. The lowest BCUT2D eigenvalue weighted by atomic mass is 9.94. The number of rotatable bonds is 9. The number of hydrogen-bond acceptors (Lipinski definition) is 9. The molecule has 20 aromatic carbocycles. The van der Waals surface area contributed by atoms with Crippen LogP contribution in [-0.4, -0.2) is 29.9 Å². The Bertz CT molecular complexity index is 8840. The van der Waals surface area contributed by atoms with Gasteiger partial charge < -0.3 is 0 Å². The first-order chi connectivity index (χ1) is 61.9. The van der Waals surface area contributed by atoms with Crippen molar-refractivity contribution in [2.24, 2.45) is 0 Å². The highest BCUT2D eigenvalue weighted by Crippen LogP contribution is 2.47. The van der Waals surface area contributed by atoms with Crippen molar-refractivity contribution in [1.29, 1.82) is 0 Å². The van der Waals surface area contributed by atoms with Crippen molar-refractivity contribution in [2.75, 3.05) is 0 Å². The van der Waals surface area contributed by atoms with Crippen LogP contribution in [0.3, 0.4) is 0 Å². The van der Waals surface area contributed by atoms with Crippen LogP contribution in [0.4, 0.5) is 0 Å². The topological polar surface area (TPSA) is 77.3 Å². The van der Waals surface area contributed by atoms with Crippen molar-refractivity contribution in [1.82, 2.24) is 29.9 Å². The summed E-state index contributed by atoms with van der Waals surface area (Å²) >= 11 is 5.59. The van der Waals surface area contributed by atoms with Gasteiger partial charge in [-0.15, -0.1) is 34.0 Å². The Balaban J connectivity index is 0.000000105. The summed E-state index contributed by atoms with van der Waals surface area (Å²) in [4.78, 5) is 30.7. The third-order valence-electron chi connectivity index (χ3n) is 24.4. The maximum absolute atomic E-state index is 5.25. The number of hydrogen-bond donors (Lipinski definition) is 0. The van der Waals surface area contributed by atoms with Crippen molar-refractivity contribution >= 4 is 181 Å². The Morgan fingerprint density at radius 1 is 0.144 bits per heavy atom. The van der Waals surface area contributed by atoms with Gasteiger partial charge in [-0.1, -0.05) is 346 Å². The summed E-state index contributed by atoms with van der Waals surface area (Å²) < 4.78 is 7.96. The van der Waals surface area contributed by atoms with E-state index in [1.807, 2.05) is 64.3 Å². The molecule has 582 valence electrons. The second-order valence-corrected chi connectivity index (χ2v) is 35.0. The largest absolute Gasteiger partial charge is 0.228 e. The molecule has 9 heteroatoms. The van der Waals surface area contributed by atoms with Gasteiger partial charge in [-0.2, -0.15) is 0 Å². The van der Waals surface area contributed by atoms with Crippen molar-refractivity contribution in [3.8, 4) is 101 Å². The van der Waals surface area contributed by atoms with Gasteiger partial charge in [0, 0.05) is 110 Å². The van der Waals surface area contributed by atoms with E-state index in [0.29, 0.717) is 0 Å². The molecule has 6 heterocycles. The molecule has 0 N–H and O–H groups in total. The molecule has 0 saturated carbocycles. The Morgan fingerprint density at radius 3 is 0.936 bits per heavy atom. The van der Waals surface area contributed by atoms with Gasteiger partial charge in [0.05, 0.1) is 33.6 Å². The molecule has 26 aromatic rings. The van der Waals surface area contributed by atoms with Crippen molar-refractivity contribution < 1.29 is 0 Å². The summed E-state index contributed by atoms with van der Waals surface area (Å²) in [5, 5.41) is 23.6. The van der Waals surface area contributed by atoms with Crippen molar-refractivity contribution in [3.05, 3.63) is 425 Å². The van der Waals surface area contributed by atoms with Gasteiger partial charge in [-0.25, -0.2) is 29.9 Å². The van der Waals surface area contributed by atoms with Gasteiger partial charge in [0.15, 0.2) is 17.5 Å². The average Bonchev–Trinajstić information content (AvgIpc) is 1.62. The number of aromatic nitrogens is 6. The monoisotopic (exact) mass is 1640 g/mol. The fraction of sp³-hybridized carbons (Fsp3) is 0. The summed E-state index contributed by atoms with van der Waals surface area (Å²) in [7, 11) is 0. The minimum atomic E-state index is 0.731. The van der Waals surface area contributed by atoms with Crippen LogP contribution >= 0.6 is 34.0 Å². The van der Waals surface area contributed by atoms with Crippen LogP contribution in [0.1, 0.15) is 0 Å². The molecule has 0 saturated heterocycles. The first-order valence-electron chi connectivity index (χ1n) is 42.1. The predicted octanol–water partition coefficient (Wildman–Crippen LogP) is 32.8. The molecule has 0 bridgehead atoms. The van der Waals surface area contributed by atoms with Crippen LogP contribution < -0.4 is 0 Å². The summed E-state index contributed by atoms with van der Waals surface area (Å²) in [6.07, 6.45) is 0. The highest BCUT2D eigenvalue weighted by molar-refractivity contribution is 7.26. The molecule has 0 unspecified atom stereocenters. The molecule has 0 amide bonds. The Labute approximate surface area is 731 Å². The van der Waals surface area contributed by atoms with Crippen LogP contribution in [0.15, 0.2) is 425 Å². The Hall–Kier alpha value is -15.6. The fourth-order valence-electron chi connectivity index (χ4n) is 18.6. The molecular weight excluding hydrogens is 1570 g/mol. The average molecular weight is 1640 g/mol. The Kier molecular flexibility index (Phi) is 18.1. The molecule has 0 aliphatic rings. The van der Waals surface area contributed by atoms with E-state index in [-0.39, 0.29) is 0 Å². The van der Waals surface area contributed by atoms with E-state index >= 15 is 0 Å². The molecule has 6 aromatic heterocycles. The molecule has 0 aliphatic carbocycles. The van der Waals surface area contributed by atoms with E-state index in [9.17, 15) is 0 Å². The van der Waals surface area contributed by atoms with Gasteiger partial charge in [0.1, 0.15) is 0 Å². The lowest BCUT2D eigenvalue weighted by molar-refractivity contribution is 1.23. The number of nitrogens with zero attached hydrogens (tertiary/aromatic N) is 6. The van der Waals surface area contributed by atoms with Crippen LogP contribution in [0.5, 0.6) is 0 Å². The van der Waals surface area contributed by atoms with Crippen molar-refractivity contribution in [2.45, 2.75) is 0 Å². The molecule has 0 atom stereocenters. The first kappa shape index (κ1) is 73.3. The zero-order valence-corrected chi connectivity index (χ0v) is 69.8. The van der Waals surface area contributed by atoms with Crippen LogP contribution in [0.2, 0.25) is 0 Å². The summed E-state index contributed by atoms with van der Waals surface area (Å²) in [6, 6.07) is 151. The molecule has 6 nitrogen and oxygen atoms in total. The number of fused-ring (bicyclic) bond motifs is 21. The van der Waals surface area contributed by atoms with Crippen LogP contribution in [0.25, 0.3) is 248 Å². The molecule has 0 radical (unpaired) electrons. The van der Waals surface area contributed by atoms with E-state index in [4.69, 9.17) is 29.9 Å². The second kappa shape index (κ2) is 30.8. The fourth-order valence-corrected chi connectivity index (χ4v) is 22.0. The highest BCUT2D eigenvalue weighted by Gasteiger charge is 2.22. The van der Waals surface area contributed by atoms with Gasteiger partial charge >= 0.3 is 0 Å². The van der Waals surface area contributed by atoms with E-state index in [1.54, 1.807) is 0 Å². The van der Waals surface area contributed by atoms with E-state index in [1.165, 1.54) is 131 Å². The SMILES string of the molecule is c1cc(-c2nc(-c3ccc4ccccc4c3)c3ccccc3n2)cc(-c2cccc3c2ccc2sc4ccccc4c23)c1.c1ccc(-c2nc(-c3cccc(-c4cccc5c4ccc4sc6ccccc6c45)c3)nc3ccc4ccccc4c23)cc1.c1ccc(-c2nc(-c3cccc(-c4cccc5c4ccc4sc6ccccc6c45)c3)nc3ccccc23)cc1. The standard InChI is InChI=1S/2C40H24N2S.C36H22N2S/c1-2-10-26-23-28(20-19-25(26)9-1)39-33-13-3-5-17-35(33)41-40(42-39)29-12-7-11-27(24-29)30-15-8-16-32-31(30)21-22-37-38(32)34-14-4-6-18-36(34)43-37;1-2-11-26(12-3-1)39-38-30-15-5-4-10-25(30)20-22-34(38)41-40(42-39)28-14-8-13-27(24-28)29-17-9-18-32-31(29)21-23-36-37(32)33-16-6-7-19-35(33)43-36;1-2-10-23(11-3-1)35-29-14-4-6-18-31(29)37-36(38-35)25-13-8-12-24(22-25)26-16-9-17-28-27(26)20-21-33-34(28)30-15-5-7-19-32(30)39-33/h2*1-24H;1-22H. The zero-order valence-electron chi connectivity index (χ0n) is 67.3. The maximum Gasteiger partial charge on any atom is 0.160 e. The number of thiophene rings is 3. The number of para-hydroxylation sites is 2. The van der Waals surface area contributed by atoms with E-state index < -0.39 is 0 Å². The smallest absolute Gasteiger partial charge is 0.160 e. The van der Waals surface area contributed by atoms with Gasteiger partial charge in [0.25, 0.3) is 0 Å². The van der Waals surface area contributed by atoms with E-state index in [2.05, 4.69) is 394 Å². The molecule has 0 fully saturated rings. The minimum absolute atomic E-state index is 0.731. The molecule has 0 spiro atoms. The minimum Gasteiger partial charge on any atom is -0.228 e. The van der Waals surface area contributed by atoms with Gasteiger partial charge in [0.2, 0.25) is 0 Å². The lowest BCUT2D eigenvalue weighted by Gasteiger charge is -2.13. The molecular formula is C116H70N6S3. The lowest BCUT2D eigenvalue weighted by Crippen LogP contribution is -1.96. The maximum atomic E-state index is 5.25. The summed E-state index contributed by atoms with van der Waals surface area (Å²) in [6.45, 7) is 0. The summed E-state index contributed by atoms with van der Waals surface area (Å²) in [5.74, 6) is 2.20. The molecule has 0 aliphatic heterocycles. The Morgan fingerprint density at radius 2 is 0.472 bits per heavy atom. The second-order valence-electron chi connectivity index (χ2n) is 31.8. The number of benzene rings is 20. The summed E-state index contributed by atoms with van der Waals surface area (Å²) in [5.41, 5.74) is 19.1. The van der Waals surface area contributed by atoms with Gasteiger partial charge in [-0.3, -0.25) is 0 Å². The highest BCUT2D eigenvalue weighted by atomic mass is 32.1. The molecule has 125 heavy (non-hydrogen) atoms. The molecule has 26 rings (SSSR count). The predicted molar refractivity (Wildman–Crippen MR) is 534 cm³/mol. The van der Waals surface area contributed by atoms with Gasteiger partial charge in [-0.05, 0) is 166 Å². The quantitative estimate of drug-likeness (QED) is 0.134.